The predicted octanol–water partition coefficient (Wildman–Crippen LogP) is 7.99. The van der Waals surface area contributed by atoms with Crippen LogP contribution in [0.15, 0.2) is 12.2 Å². The van der Waals surface area contributed by atoms with Crippen LogP contribution in [0.2, 0.25) is 36.3 Å². The highest BCUT2D eigenvalue weighted by Crippen LogP contribution is 2.50. The summed E-state index contributed by atoms with van der Waals surface area (Å²) in [5.41, 5.74) is 0. The maximum atomic E-state index is 12.3. The van der Waals surface area contributed by atoms with Gasteiger partial charge in [0.05, 0.1) is 12.2 Å². The van der Waals surface area contributed by atoms with E-state index in [1.54, 1.807) is 0 Å². The second-order valence-electron chi connectivity index (χ2n) is 13.9. The summed E-state index contributed by atoms with van der Waals surface area (Å²) in [4.78, 5) is 12.3. The summed E-state index contributed by atoms with van der Waals surface area (Å²) in [5, 5.41) is 0.329. The highest BCUT2D eigenvalue weighted by atomic mass is 28.4. The quantitative estimate of drug-likeness (QED) is 0.191. The Labute approximate surface area is 213 Å². The standard InChI is InChI=1S/C29H52O3Si2/c1-13-14-15-21(2)26(31-33(9,10)28(3,4)5)17-16-24-25-20-23(30)18-22(25)19-27(24)32-34(11,12)29(6,7)8/h16-17,21-22,24-27H,15,18-20H2,1-12H3/t21-,22-,24+,25-,26+,27+/m0/s1. The predicted molar refractivity (Wildman–Crippen MR) is 150 cm³/mol. The van der Waals surface area contributed by atoms with Crippen LogP contribution >= 0.6 is 0 Å². The molecule has 2 aliphatic carbocycles. The van der Waals surface area contributed by atoms with E-state index in [4.69, 9.17) is 8.85 Å². The fraction of sp³-hybridized carbons (Fsp3) is 0.828. The van der Waals surface area contributed by atoms with Gasteiger partial charge < -0.3 is 8.85 Å². The Bertz CT molecular complexity index is 804. The molecule has 0 aromatic carbocycles. The zero-order valence-corrected chi connectivity index (χ0v) is 26.2. The van der Waals surface area contributed by atoms with Gasteiger partial charge in [-0.15, -0.1) is 11.8 Å². The van der Waals surface area contributed by atoms with Crippen molar-refractivity contribution in [1.29, 1.82) is 0 Å². The molecule has 0 aromatic rings. The summed E-state index contributed by atoms with van der Waals surface area (Å²) >= 11 is 0. The number of Topliss-reactive ketones (excluding diaryl/α,β-unsaturated/α-hetero) is 1. The first-order valence-electron chi connectivity index (χ1n) is 13.3. The van der Waals surface area contributed by atoms with E-state index in [1.165, 1.54) is 0 Å². The van der Waals surface area contributed by atoms with Crippen molar-refractivity contribution >= 4 is 22.4 Å². The van der Waals surface area contributed by atoms with Gasteiger partial charge in [-0.05, 0) is 67.4 Å². The van der Waals surface area contributed by atoms with Crippen molar-refractivity contribution in [3.05, 3.63) is 12.2 Å². The summed E-state index contributed by atoms with van der Waals surface area (Å²) < 4.78 is 13.9. The first-order valence-corrected chi connectivity index (χ1v) is 19.2. The van der Waals surface area contributed by atoms with Crippen LogP contribution in [0, 0.1) is 35.5 Å². The molecule has 5 heteroatoms. The van der Waals surface area contributed by atoms with E-state index >= 15 is 0 Å². The molecule has 0 saturated heterocycles. The van der Waals surface area contributed by atoms with Gasteiger partial charge in [0.25, 0.3) is 0 Å². The van der Waals surface area contributed by atoms with Gasteiger partial charge in [0.2, 0.25) is 0 Å². The van der Waals surface area contributed by atoms with Gasteiger partial charge in [-0.1, -0.05) is 60.6 Å². The van der Waals surface area contributed by atoms with Crippen LogP contribution in [0.3, 0.4) is 0 Å². The molecule has 0 aliphatic heterocycles. The van der Waals surface area contributed by atoms with Gasteiger partial charge >= 0.3 is 0 Å². The van der Waals surface area contributed by atoms with E-state index in [1.807, 2.05) is 6.92 Å². The van der Waals surface area contributed by atoms with Gasteiger partial charge in [0.15, 0.2) is 16.6 Å². The number of carbonyl (C=O) groups is 1. The summed E-state index contributed by atoms with van der Waals surface area (Å²) in [6, 6.07) is 0. The molecule has 0 N–H and O–H groups in total. The normalized spacial score (nSPS) is 28.1. The molecule has 2 aliphatic rings. The molecule has 0 radical (unpaired) electrons. The first kappa shape index (κ1) is 29.6. The molecule has 0 amide bonds. The van der Waals surface area contributed by atoms with Gasteiger partial charge in [0.1, 0.15) is 5.78 Å². The molecular weight excluding hydrogens is 452 g/mol. The summed E-state index contributed by atoms with van der Waals surface area (Å²) in [5.74, 6) is 8.25. The van der Waals surface area contributed by atoms with Crippen molar-refractivity contribution in [2.75, 3.05) is 0 Å². The van der Waals surface area contributed by atoms with E-state index in [9.17, 15) is 4.79 Å². The summed E-state index contributed by atoms with van der Waals surface area (Å²) in [6.07, 6.45) is 8.24. The second kappa shape index (κ2) is 10.7. The van der Waals surface area contributed by atoms with Gasteiger partial charge in [-0.3, -0.25) is 4.79 Å². The van der Waals surface area contributed by atoms with Crippen LogP contribution < -0.4 is 0 Å². The highest BCUT2D eigenvalue weighted by Gasteiger charge is 2.50. The third-order valence-electron chi connectivity index (χ3n) is 9.19. The molecule has 2 saturated carbocycles. The lowest BCUT2D eigenvalue weighted by Crippen LogP contribution is -2.45. The minimum absolute atomic E-state index is 0.0337. The molecule has 0 unspecified atom stereocenters. The lowest BCUT2D eigenvalue weighted by atomic mass is 9.89. The van der Waals surface area contributed by atoms with Crippen molar-refractivity contribution < 1.29 is 13.6 Å². The van der Waals surface area contributed by atoms with Crippen LogP contribution in [0.25, 0.3) is 0 Å². The number of fused-ring (bicyclic) bond motifs is 1. The third kappa shape index (κ3) is 6.96. The minimum Gasteiger partial charge on any atom is -0.413 e. The Balaban J connectivity index is 2.34. The smallest absolute Gasteiger partial charge is 0.192 e. The molecule has 34 heavy (non-hydrogen) atoms. The molecule has 0 heterocycles. The van der Waals surface area contributed by atoms with Crippen LogP contribution in [0.5, 0.6) is 0 Å². The van der Waals surface area contributed by atoms with E-state index in [-0.39, 0.29) is 22.3 Å². The lowest BCUT2D eigenvalue weighted by Gasteiger charge is -2.41. The number of ketones is 1. The molecule has 0 spiro atoms. The first-order chi connectivity index (χ1) is 15.4. The molecule has 2 fully saturated rings. The van der Waals surface area contributed by atoms with E-state index in [0.717, 1.165) is 19.3 Å². The summed E-state index contributed by atoms with van der Waals surface area (Å²) in [7, 11) is -3.84. The Morgan fingerprint density at radius 1 is 1.03 bits per heavy atom. The SMILES string of the molecule is CC#CC[C@H](C)[C@@H](C=C[C@@H]1[C@H]2CC(=O)C[C@H]2C[C@H]1O[Si](C)(C)C(C)(C)C)O[Si](C)(C)C(C)(C)C. The van der Waals surface area contributed by atoms with Crippen molar-refractivity contribution in [2.24, 2.45) is 23.7 Å². The molecule has 194 valence electrons. The van der Waals surface area contributed by atoms with Crippen LogP contribution in [-0.2, 0) is 13.6 Å². The zero-order chi connectivity index (χ0) is 26.1. The van der Waals surface area contributed by atoms with E-state index < -0.39 is 16.6 Å². The Morgan fingerprint density at radius 3 is 2.15 bits per heavy atom. The molecule has 0 bridgehead atoms. The fourth-order valence-corrected chi connectivity index (χ4v) is 7.53. The van der Waals surface area contributed by atoms with E-state index in [0.29, 0.717) is 35.9 Å². The van der Waals surface area contributed by atoms with Crippen LogP contribution in [0.4, 0.5) is 0 Å². The van der Waals surface area contributed by atoms with Gasteiger partial charge in [-0.2, -0.15) is 0 Å². The molecule has 0 aromatic heterocycles. The average Bonchev–Trinajstić information content (AvgIpc) is 3.16. The average molecular weight is 505 g/mol. The van der Waals surface area contributed by atoms with Crippen LogP contribution in [0.1, 0.15) is 81.1 Å². The molecule has 2 rings (SSSR count). The largest absolute Gasteiger partial charge is 0.413 e. The number of hydrogen-bond acceptors (Lipinski definition) is 3. The Morgan fingerprint density at radius 2 is 1.62 bits per heavy atom. The Kier molecular flexibility index (Phi) is 9.34. The van der Waals surface area contributed by atoms with Gasteiger partial charge in [0, 0.05) is 25.2 Å². The van der Waals surface area contributed by atoms with Crippen molar-refractivity contribution in [1.82, 2.24) is 0 Å². The monoisotopic (exact) mass is 504 g/mol. The minimum atomic E-state index is -1.94. The summed E-state index contributed by atoms with van der Waals surface area (Å²) in [6.45, 7) is 27.3. The lowest BCUT2D eigenvalue weighted by molar-refractivity contribution is -0.118. The van der Waals surface area contributed by atoms with Crippen LogP contribution in [-0.4, -0.2) is 34.6 Å². The zero-order valence-electron chi connectivity index (χ0n) is 24.2. The Hall–Kier alpha value is -0.676. The topological polar surface area (TPSA) is 35.5 Å². The van der Waals surface area contributed by atoms with Crippen molar-refractivity contribution in [3.8, 4) is 11.8 Å². The number of rotatable bonds is 8. The third-order valence-corrected chi connectivity index (χ3v) is 18.2. The highest BCUT2D eigenvalue weighted by molar-refractivity contribution is 6.74. The second-order valence-corrected chi connectivity index (χ2v) is 23.4. The van der Waals surface area contributed by atoms with E-state index in [2.05, 4.69) is 98.6 Å². The molecular formula is C29H52O3Si2. The number of hydrogen-bond donors (Lipinski definition) is 0. The van der Waals surface area contributed by atoms with Crippen molar-refractivity contribution in [3.63, 3.8) is 0 Å². The fourth-order valence-electron chi connectivity index (χ4n) is 4.82. The molecule has 6 atom stereocenters. The number of carbonyl (C=O) groups excluding carboxylic acids is 1. The maximum Gasteiger partial charge on any atom is 0.192 e. The van der Waals surface area contributed by atoms with Gasteiger partial charge in [-0.25, -0.2) is 0 Å². The maximum absolute atomic E-state index is 12.3. The van der Waals surface area contributed by atoms with Crippen molar-refractivity contribution in [2.45, 2.75) is 130 Å². The molecule has 3 nitrogen and oxygen atoms in total.